The molecule has 0 unspecified atom stereocenters. The summed E-state index contributed by atoms with van der Waals surface area (Å²) in [5.74, 6) is 7.54. The molecule has 1 aliphatic heterocycles. The topological polar surface area (TPSA) is 30.5 Å². The maximum absolute atomic E-state index is 5.82. The highest BCUT2D eigenvalue weighted by molar-refractivity contribution is 5.39. The summed E-state index contributed by atoms with van der Waals surface area (Å²) in [6.07, 6.45) is 2.41. The van der Waals surface area contributed by atoms with Crippen molar-refractivity contribution in [3.05, 3.63) is 29.3 Å². The molecular weight excluding hydrogens is 262 g/mol. The molecule has 3 nitrogen and oxygen atoms in total. The second kappa shape index (κ2) is 8.07. The van der Waals surface area contributed by atoms with Crippen molar-refractivity contribution in [1.29, 1.82) is 0 Å². The van der Waals surface area contributed by atoms with Crippen molar-refractivity contribution >= 4 is 0 Å². The maximum atomic E-state index is 5.82. The van der Waals surface area contributed by atoms with E-state index in [0.717, 1.165) is 25.2 Å². The summed E-state index contributed by atoms with van der Waals surface area (Å²) < 4.78 is 11.3. The molecule has 0 aliphatic carbocycles. The van der Waals surface area contributed by atoms with Crippen LogP contribution < -0.4 is 10.1 Å². The zero-order valence-corrected chi connectivity index (χ0v) is 13.2. The van der Waals surface area contributed by atoms with Gasteiger partial charge in [0.2, 0.25) is 0 Å². The first-order valence-electron chi connectivity index (χ1n) is 7.71. The van der Waals surface area contributed by atoms with Gasteiger partial charge in [0.1, 0.15) is 18.6 Å². The Bertz CT molecular complexity index is 508. The summed E-state index contributed by atoms with van der Waals surface area (Å²) in [4.78, 5) is 0. The van der Waals surface area contributed by atoms with Crippen molar-refractivity contribution in [2.75, 3.05) is 19.8 Å². The van der Waals surface area contributed by atoms with Crippen molar-refractivity contribution in [3.8, 4) is 17.6 Å². The van der Waals surface area contributed by atoms with Crippen molar-refractivity contribution in [3.63, 3.8) is 0 Å². The Morgan fingerprint density at radius 2 is 2.24 bits per heavy atom. The molecule has 0 amide bonds. The van der Waals surface area contributed by atoms with Crippen LogP contribution in [-0.4, -0.2) is 26.0 Å². The van der Waals surface area contributed by atoms with E-state index in [1.54, 1.807) is 0 Å². The molecule has 1 fully saturated rings. The van der Waals surface area contributed by atoms with E-state index in [9.17, 15) is 0 Å². The minimum Gasteiger partial charge on any atom is -0.481 e. The number of benzene rings is 1. The molecule has 21 heavy (non-hydrogen) atoms. The lowest BCUT2D eigenvalue weighted by molar-refractivity contribution is 0.0878. The third kappa shape index (κ3) is 5.08. The first-order valence-corrected chi connectivity index (χ1v) is 7.71. The van der Waals surface area contributed by atoms with Crippen LogP contribution >= 0.6 is 0 Å². The summed E-state index contributed by atoms with van der Waals surface area (Å²) >= 11 is 0. The van der Waals surface area contributed by atoms with Gasteiger partial charge in [-0.1, -0.05) is 37.8 Å². The van der Waals surface area contributed by atoms with Gasteiger partial charge in [-0.2, -0.15) is 0 Å². The highest BCUT2D eigenvalue weighted by Crippen LogP contribution is 2.27. The molecule has 2 rings (SSSR count). The normalized spacial score (nSPS) is 17.6. The van der Waals surface area contributed by atoms with E-state index in [1.165, 1.54) is 11.1 Å². The molecule has 1 aromatic rings. The summed E-state index contributed by atoms with van der Waals surface area (Å²) in [7, 11) is 0. The molecule has 114 valence electrons. The average molecular weight is 287 g/mol. The molecule has 0 radical (unpaired) electrons. The van der Waals surface area contributed by atoms with Crippen molar-refractivity contribution in [2.24, 2.45) is 0 Å². The number of hydrogen-bond donors (Lipinski definition) is 1. The number of hydrogen-bond acceptors (Lipinski definition) is 3. The first-order chi connectivity index (χ1) is 10.2. The van der Waals surface area contributed by atoms with Crippen LogP contribution in [0.2, 0.25) is 0 Å². The SMILES string of the molecule is Cc1ccc(C(C)C)c(OCC#CCN[C@@H]2CCCO2)c1. The van der Waals surface area contributed by atoms with Crippen LogP contribution in [0.1, 0.15) is 43.7 Å². The predicted octanol–water partition coefficient (Wildman–Crippen LogP) is 3.23. The van der Waals surface area contributed by atoms with Crippen LogP contribution in [0.4, 0.5) is 0 Å². The Balaban J connectivity index is 1.79. The molecule has 1 saturated heterocycles. The van der Waals surface area contributed by atoms with Gasteiger partial charge in [0.15, 0.2) is 0 Å². The van der Waals surface area contributed by atoms with E-state index < -0.39 is 0 Å². The summed E-state index contributed by atoms with van der Waals surface area (Å²) in [6, 6.07) is 6.35. The third-order valence-electron chi connectivity index (χ3n) is 3.56. The van der Waals surface area contributed by atoms with Crippen LogP contribution in [0.15, 0.2) is 18.2 Å². The second-order valence-electron chi connectivity index (χ2n) is 5.72. The van der Waals surface area contributed by atoms with Crippen LogP contribution in [-0.2, 0) is 4.74 Å². The van der Waals surface area contributed by atoms with Gasteiger partial charge in [-0.3, -0.25) is 5.32 Å². The Kier molecular flexibility index (Phi) is 6.10. The van der Waals surface area contributed by atoms with Crippen LogP contribution in [0.3, 0.4) is 0 Å². The van der Waals surface area contributed by atoms with E-state index >= 15 is 0 Å². The van der Waals surface area contributed by atoms with Crippen LogP contribution in [0.5, 0.6) is 5.75 Å². The van der Waals surface area contributed by atoms with Crippen molar-refractivity contribution in [2.45, 2.75) is 45.8 Å². The second-order valence-corrected chi connectivity index (χ2v) is 5.72. The highest BCUT2D eigenvalue weighted by atomic mass is 16.5. The quantitative estimate of drug-likeness (QED) is 0.843. The molecule has 0 spiro atoms. The smallest absolute Gasteiger partial charge is 0.149 e. The van der Waals surface area contributed by atoms with E-state index in [0.29, 0.717) is 19.1 Å². The summed E-state index contributed by atoms with van der Waals surface area (Å²) in [6.45, 7) is 8.37. The first kappa shape index (κ1) is 15.9. The van der Waals surface area contributed by atoms with Crippen LogP contribution in [0, 0.1) is 18.8 Å². The van der Waals surface area contributed by atoms with Crippen molar-refractivity contribution < 1.29 is 9.47 Å². The summed E-state index contributed by atoms with van der Waals surface area (Å²) in [5.41, 5.74) is 2.45. The zero-order chi connectivity index (χ0) is 15.1. The fourth-order valence-electron chi connectivity index (χ4n) is 2.37. The Morgan fingerprint density at radius 1 is 1.38 bits per heavy atom. The fourth-order valence-corrected chi connectivity index (χ4v) is 2.37. The molecule has 3 heteroatoms. The van der Waals surface area contributed by atoms with Gasteiger partial charge in [-0.15, -0.1) is 0 Å². The lowest BCUT2D eigenvalue weighted by atomic mass is 10.0. The maximum Gasteiger partial charge on any atom is 0.149 e. The molecular formula is C18H25NO2. The number of ether oxygens (including phenoxy) is 2. The van der Waals surface area contributed by atoms with Gasteiger partial charge in [0, 0.05) is 6.61 Å². The minimum atomic E-state index is 0.185. The third-order valence-corrected chi connectivity index (χ3v) is 3.56. The van der Waals surface area contributed by atoms with Gasteiger partial charge < -0.3 is 9.47 Å². The largest absolute Gasteiger partial charge is 0.481 e. The lowest BCUT2D eigenvalue weighted by Crippen LogP contribution is -2.28. The molecule has 1 aromatic carbocycles. The van der Waals surface area contributed by atoms with E-state index in [2.05, 4.69) is 56.1 Å². The highest BCUT2D eigenvalue weighted by Gasteiger charge is 2.13. The van der Waals surface area contributed by atoms with Gasteiger partial charge in [0.25, 0.3) is 0 Å². The molecule has 1 aliphatic rings. The van der Waals surface area contributed by atoms with Gasteiger partial charge in [0.05, 0.1) is 6.54 Å². The summed E-state index contributed by atoms with van der Waals surface area (Å²) in [5, 5.41) is 3.27. The van der Waals surface area contributed by atoms with Gasteiger partial charge in [-0.25, -0.2) is 0 Å². The van der Waals surface area contributed by atoms with Gasteiger partial charge >= 0.3 is 0 Å². The monoisotopic (exact) mass is 287 g/mol. The van der Waals surface area contributed by atoms with Crippen molar-refractivity contribution in [1.82, 2.24) is 5.32 Å². The molecule has 0 saturated carbocycles. The Labute approximate surface area is 128 Å². The molecule has 1 N–H and O–H groups in total. The number of rotatable bonds is 5. The molecule has 1 heterocycles. The van der Waals surface area contributed by atoms with Crippen LogP contribution in [0.25, 0.3) is 0 Å². The van der Waals surface area contributed by atoms with E-state index in [-0.39, 0.29) is 6.23 Å². The Hall–Kier alpha value is -1.50. The minimum absolute atomic E-state index is 0.185. The molecule has 0 aromatic heterocycles. The molecule has 0 bridgehead atoms. The average Bonchev–Trinajstić information content (AvgIpc) is 2.95. The van der Waals surface area contributed by atoms with E-state index in [1.807, 2.05) is 0 Å². The van der Waals surface area contributed by atoms with E-state index in [4.69, 9.17) is 9.47 Å². The lowest BCUT2D eigenvalue weighted by Gasteiger charge is -2.13. The fraction of sp³-hybridized carbons (Fsp3) is 0.556. The molecule has 1 atom stereocenters. The van der Waals surface area contributed by atoms with Gasteiger partial charge in [-0.05, 0) is 42.9 Å². The number of aryl methyl sites for hydroxylation is 1. The number of nitrogens with one attached hydrogen (secondary N) is 1. The Morgan fingerprint density at radius 3 is 2.95 bits per heavy atom. The zero-order valence-electron chi connectivity index (χ0n) is 13.2. The standard InChI is InChI=1S/C18H25NO2/c1-14(2)16-9-8-15(3)13-17(16)20-11-5-4-10-19-18-7-6-12-21-18/h8-9,13-14,18-19H,6-7,10-12H2,1-3H3/t18-/m0/s1. The predicted molar refractivity (Wildman–Crippen MR) is 85.5 cm³/mol.